The smallest absolute Gasteiger partial charge is 0.240 e. The lowest BCUT2D eigenvalue weighted by Gasteiger charge is -2.42. The lowest BCUT2D eigenvalue weighted by molar-refractivity contribution is 0.120. The highest BCUT2D eigenvalue weighted by atomic mass is 32.2. The third-order valence-electron chi connectivity index (χ3n) is 5.92. The lowest BCUT2D eigenvalue weighted by atomic mass is 9.89. The van der Waals surface area contributed by atoms with E-state index in [1.807, 2.05) is 6.07 Å². The molecule has 1 saturated heterocycles. The van der Waals surface area contributed by atoms with Crippen LogP contribution in [0.5, 0.6) is 0 Å². The van der Waals surface area contributed by atoms with Crippen LogP contribution in [0.4, 0.5) is 0 Å². The number of sulfonamides is 1. The van der Waals surface area contributed by atoms with E-state index in [-0.39, 0.29) is 12.1 Å². The van der Waals surface area contributed by atoms with Crippen LogP contribution in [0, 0.1) is 0 Å². The van der Waals surface area contributed by atoms with Crippen molar-refractivity contribution in [3.05, 3.63) is 65.9 Å². The van der Waals surface area contributed by atoms with Gasteiger partial charge in [0.25, 0.3) is 0 Å². The van der Waals surface area contributed by atoms with E-state index in [4.69, 9.17) is 0 Å². The van der Waals surface area contributed by atoms with Gasteiger partial charge < -0.3 is 4.98 Å². The summed E-state index contributed by atoms with van der Waals surface area (Å²) in [5.41, 5.74) is 3.85. The number of hydrogen-bond donors (Lipinski definition) is 2. The van der Waals surface area contributed by atoms with Crippen LogP contribution in [0.15, 0.2) is 59.5 Å². The topological polar surface area (TPSA) is 65.2 Å². The zero-order valence-electron chi connectivity index (χ0n) is 15.1. The van der Waals surface area contributed by atoms with Crippen molar-refractivity contribution in [2.75, 3.05) is 13.1 Å². The minimum Gasteiger partial charge on any atom is -0.357 e. The average molecular weight is 382 g/mol. The molecule has 2 atom stereocenters. The summed E-state index contributed by atoms with van der Waals surface area (Å²) in [5.74, 6) is 0. The van der Waals surface area contributed by atoms with Gasteiger partial charge >= 0.3 is 0 Å². The van der Waals surface area contributed by atoms with Crippen LogP contribution in [0.2, 0.25) is 0 Å². The van der Waals surface area contributed by atoms with Gasteiger partial charge in [-0.25, -0.2) is 13.1 Å². The van der Waals surface area contributed by atoms with E-state index >= 15 is 0 Å². The molecule has 0 spiro atoms. The van der Waals surface area contributed by atoms with E-state index in [9.17, 15) is 8.42 Å². The number of aromatic amines is 1. The summed E-state index contributed by atoms with van der Waals surface area (Å²) < 4.78 is 28.4. The van der Waals surface area contributed by atoms with Gasteiger partial charge in [-0.3, -0.25) is 4.90 Å². The van der Waals surface area contributed by atoms with E-state index in [1.54, 1.807) is 24.3 Å². The third-order valence-corrected chi connectivity index (χ3v) is 7.45. The maximum atomic E-state index is 12.7. The lowest BCUT2D eigenvalue weighted by Crippen LogP contribution is -2.48. The molecule has 3 heterocycles. The SMILES string of the molecule is O=S(=O)(NC1CCN2CCc3c([nH]c4ccccc34)C2C1)c1ccccc1. The number of aromatic nitrogens is 1. The molecule has 0 radical (unpaired) electrons. The zero-order chi connectivity index (χ0) is 18.4. The molecule has 3 aromatic rings. The number of nitrogens with one attached hydrogen (secondary N) is 2. The second-order valence-corrected chi connectivity index (χ2v) is 9.23. The van der Waals surface area contributed by atoms with Gasteiger partial charge in [0.05, 0.1) is 10.9 Å². The molecule has 2 aliphatic heterocycles. The highest BCUT2D eigenvalue weighted by Gasteiger charge is 2.36. The van der Waals surface area contributed by atoms with Crippen molar-refractivity contribution >= 4 is 20.9 Å². The second-order valence-electron chi connectivity index (χ2n) is 7.52. The fourth-order valence-corrected chi connectivity index (χ4v) is 5.91. The van der Waals surface area contributed by atoms with Gasteiger partial charge in [0.1, 0.15) is 0 Å². The van der Waals surface area contributed by atoms with Crippen LogP contribution in [-0.2, 0) is 16.4 Å². The number of piperidine rings is 1. The molecule has 2 N–H and O–H groups in total. The Balaban J connectivity index is 1.42. The minimum absolute atomic E-state index is 0.0474. The van der Waals surface area contributed by atoms with Crippen LogP contribution in [0.1, 0.15) is 30.1 Å². The Bertz CT molecular complexity index is 1080. The van der Waals surface area contributed by atoms with Gasteiger partial charge in [-0.1, -0.05) is 36.4 Å². The fraction of sp³-hybridized carbons (Fsp3) is 0.333. The number of para-hydroxylation sites is 1. The summed E-state index contributed by atoms with van der Waals surface area (Å²) >= 11 is 0. The molecule has 0 bridgehead atoms. The summed E-state index contributed by atoms with van der Waals surface area (Å²) in [4.78, 5) is 6.44. The Labute approximate surface area is 159 Å². The number of hydrogen-bond acceptors (Lipinski definition) is 3. The zero-order valence-corrected chi connectivity index (χ0v) is 15.9. The monoisotopic (exact) mass is 381 g/mol. The first-order valence-electron chi connectivity index (χ1n) is 9.53. The molecule has 2 unspecified atom stereocenters. The van der Waals surface area contributed by atoms with Crippen LogP contribution >= 0.6 is 0 Å². The molecule has 140 valence electrons. The molecule has 5 nitrogen and oxygen atoms in total. The van der Waals surface area contributed by atoms with Crippen LogP contribution in [-0.4, -0.2) is 37.4 Å². The molecular weight excluding hydrogens is 358 g/mol. The normalized spacial score (nSPS) is 23.1. The van der Waals surface area contributed by atoms with Gasteiger partial charge in [0.15, 0.2) is 0 Å². The van der Waals surface area contributed by atoms with Gasteiger partial charge in [-0.15, -0.1) is 0 Å². The average Bonchev–Trinajstić information content (AvgIpc) is 3.08. The first-order chi connectivity index (χ1) is 13.1. The van der Waals surface area contributed by atoms with Crippen molar-refractivity contribution in [1.29, 1.82) is 0 Å². The molecular formula is C21H23N3O2S. The molecule has 0 amide bonds. The molecule has 1 aromatic heterocycles. The Kier molecular flexibility index (Phi) is 4.07. The number of rotatable bonds is 3. The van der Waals surface area contributed by atoms with Gasteiger partial charge in [0.2, 0.25) is 10.0 Å². The van der Waals surface area contributed by atoms with Crippen LogP contribution < -0.4 is 4.72 Å². The standard InChI is InChI=1S/C21H23N3O2S/c25-27(26,16-6-2-1-3-7-16)23-15-10-12-24-13-11-18-17-8-4-5-9-19(17)22-21(18)20(24)14-15/h1-9,15,20,22-23H,10-14H2. The van der Waals surface area contributed by atoms with Crippen molar-refractivity contribution in [2.24, 2.45) is 0 Å². The molecule has 6 heteroatoms. The predicted octanol–water partition coefficient (Wildman–Crippen LogP) is 3.21. The predicted molar refractivity (Wildman–Crippen MR) is 106 cm³/mol. The summed E-state index contributed by atoms with van der Waals surface area (Å²) in [6.45, 7) is 1.96. The van der Waals surface area contributed by atoms with Gasteiger partial charge in [0, 0.05) is 35.7 Å². The molecule has 2 aliphatic rings. The van der Waals surface area contributed by atoms with Crippen LogP contribution in [0.25, 0.3) is 10.9 Å². The summed E-state index contributed by atoms with van der Waals surface area (Å²) in [5, 5.41) is 1.30. The number of nitrogens with zero attached hydrogens (tertiary/aromatic N) is 1. The highest BCUT2D eigenvalue weighted by Crippen LogP contribution is 2.39. The van der Waals surface area contributed by atoms with Gasteiger partial charge in [-0.2, -0.15) is 0 Å². The Hall–Kier alpha value is -2.15. The van der Waals surface area contributed by atoms with Gasteiger partial charge in [-0.05, 0) is 43.0 Å². The Morgan fingerprint density at radius 2 is 1.78 bits per heavy atom. The summed E-state index contributed by atoms with van der Waals surface area (Å²) in [6, 6.07) is 17.3. The summed E-state index contributed by atoms with van der Waals surface area (Å²) in [7, 11) is -3.48. The van der Waals surface area contributed by atoms with Crippen LogP contribution in [0.3, 0.4) is 0 Å². The number of benzene rings is 2. The molecule has 1 fully saturated rings. The third kappa shape index (κ3) is 2.98. The maximum absolute atomic E-state index is 12.7. The first kappa shape index (κ1) is 17.0. The van der Waals surface area contributed by atoms with E-state index in [0.717, 1.165) is 32.4 Å². The van der Waals surface area contributed by atoms with E-state index in [0.29, 0.717) is 4.90 Å². The van der Waals surface area contributed by atoms with Crippen molar-refractivity contribution in [2.45, 2.75) is 36.2 Å². The largest absolute Gasteiger partial charge is 0.357 e. The molecule has 5 rings (SSSR count). The van der Waals surface area contributed by atoms with E-state index < -0.39 is 10.0 Å². The maximum Gasteiger partial charge on any atom is 0.240 e. The minimum atomic E-state index is -3.48. The summed E-state index contributed by atoms with van der Waals surface area (Å²) in [6.07, 6.45) is 2.69. The van der Waals surface area contributed by atoms with Crippen molar-refractivity contribution in [1.82, 2.24) is 14.6 Å². The van der Waals surface area contributed by atoms with E-state index in [1.165, 1.54) is 22.2 Å². The van der Waals surface area contributed by atoms with Crippen molar-refractivity contribution in [3.8, 4) is 0 Å². The number of H-pyrrole nitrogens is 1. The number of fused-ring (bicyclic) bond motifs is 5. The Morgan fingerprint density at radius 1 is 1.00 bits per heavy atom. The highest BCUT2D eigenvalue weighted by molar-refractivity contribution is 7.89. The molecule has 0 aliphatic carbocycles. The van der Waals surface area contributed by atoms with Crippen molar-refractivity contribution < 1.29 is 8.42 Å². The quantitative estimate of drug-likeness (QED) is 0.732. The Morgan fingerprint density at radius 3 is 2.63 bits per heavy atom. The second kappa shape index (κ2) is 6.48. The molecule has 27 heavy (non-hydrogen) atoms. The first-order valence-corrected chi connectivity index (χ1v) is 11.0. The van der Waals surface area contributed by atoms with Crippen molar-refractivity contribution in [3.63, 3.8) is 0 Å². The molecule has 2 aromatic carbocycles. The van der Waals surface area contributed by atoms with E-state index in [2.05, 4.69) is 38.9 Å². The fourth-order valence-electron chi connectivity index (χ4n) is 4.61. The molecule has 0 saturated carbocycles.